The molecule has 1 aromatic heterocycles. The molecule has 0 spiro atoms. The smallest absolute Gasteiger partial charge is 0.326 e. The third kappa shape index (κ3) is 7.42. The van der Waals surface area contributed by atoms with Crippen LogP contribution in [0.5, 0.6) is 0 Å². The van der Waals surface area contributed by atoms with Gasteiger partial charge in [0.15, 0.2) is 0 Å². The Kier molecular flexibility index (Phi) is 9.03. The normalized spacial score (nSPS) is 13.9. The zero-order chi connectivity index (χ0) is 25.4. The average molecular weight is 480 g/mol. The topological polar surface area (TPSA) is 132 Å². The summed E-state index contributed by atoms with van der Waals surface area (Å²) in [7, 11) is 0. The van der Waals surface area contributed by atoms with Gasteiger partial charge in [0.05, 0.1) is 6.04 Å². The molecule has 186 valence electrons. The molecule has 5 N–H and O–H groups in total. The Morgan fingerprint density at radius 2 is 1.54 bits per heavy atom. The molecule has 0 saturated heterocycles. The van der Waals surface area contributed by atoms with Crippen molar-refractivity contribution in [3.05, 3.63) is 71.9 Å². The van der Waals surface area contributed by atoms with Crippen LogP contribution in [0.3, 0.4) is 0 Å². The molecule has 0 saturated carbocycles. The molecule has 1 amide bonds. The van der Waals surface area contributed by atoms with Crippen LogP contribution in [0.25, 0.3) is 10.9 Å². The number of aliphatic carboxylic acids is 2. The van der Waals surface area contributed by atoms with Gasteiger partial charge in [0.2, 0.25) is 5.91 Å². The maximum atomic E-state index is 13.2. The predicted octanol–water partition coefficient (Wildman–Crippen LogP) is 3.37. The molecule has 0 aliphatic rings. The Morgan fingerprint density at radius 3 is 2.20 bits per heavy atom. The molecular formula is C27H33N3O5. The maximum absolute atomic E-state index is 13.2. The monoisotopic (exact) mass is 479 g/mol. The van der Waals surface area contributed by atoms with Crippen molar-refractivity contribution in [2.75, 3.05) is 0 Å². The summed E-state index contributed by atoms with van der Waals surface area (Å²) in [4.78, 5) is 40.2. The molecule has 0 fully saturated rings. The Morgan fingerprint density at radius 1 is 0.886 bits per heavy atom. The number of fused-ring (bicyclic) bond motifs is 1. The molecule has 35 heavy (non-hydrogen) atoms. The Balaban J connectivity index is 1.71. The summed E-state index contributed by atoms with van der Waals surface area (Å²) in [6, 6.07) is 14.2. The number of para-hydroxylation sites is 1. The van der Waals surface area contributed by atoms with Gasteiger partial charge in [-0.3, -0.25) is 14.9 Å². The quantitative estimate of drug-likeness (QED) is 0.255. The van der Waals surface area contributed by atoms with Crippen LogP contribution >= 0.6 is 0 Å². The minimum absolute atomic E-state index is 0.0960. The lowest BCUT2D eigenvalue weighted by Gasteiger charge is -2.26. The van der Waals surface area contributed by atoms with Gasteiger partial charge < -0.3 is 20.5 Å². The third-order valence-corrected chi connectivity index (χ3v) is 6.00. The molecule has 0 radical (unpaired) electrons. The van der Waals surface area contributed by atoms with E-state index in [4.69, 9.17) is 0 Å². The number of aromatic amines is 1. The highest BCUT2D eigenvalue weighted by molar-refractivity contribution is 5.89. The van der Waals surface area contributed by atoms with E-state index in [1.807, 2.05) is 68.4 Å². The molecule has 0 unspecified atom stereocenters. The molecule has 8 heteroatoms. The van der Waals surface area contributed by atoms with E-state index < -0.39 is 36.0 Å². The number of H-pyrrole nitrogens is 1. The number of benzene rings is 2. The van der Waals surface area contributed by atoms with Crippen LogP contribution in [0.4, 0.5) is 0 Å². The minimum atomic E-state index is -1.15. The SMILES string of the molecule is CC(C)C[C@H](N[C@H](CCc1ccccc1)C(=O)O)C(=O)N[C@@H](Cc1c[nH]c2ccccc12)C(=O)O. The maximum Gasteiger partial charge on any atom is 0.326 e. The van der Waals surface area contributed by atoms with Crippen molar-refractivity contribution in [1.29, 1.82) is 0 Å². The summed E-state index contributed by atoms with van der Waals surface area (Å²) in [6.45, 7) is 3.87. The molecule has 0 aliphatic carbocycles. The number of hydrogen-bond donors (Lipinski definition) is 5. The van der Waals surface area contributed by atoms with E-state index in [0.29, 0.717) is 19.3 Å². The van der Waals surface area contributed by atoms with Crippen LogP contribution in [-0.4, -0.2) is 51.2 Å². The summed E-state index contributed by atoms with van der Waals surface area (Å²) < 4.78 is 0. The van der Waals surface area contributed by atoms with Crippen LogP contribution in [0.2, 0.25) is 0 Å². The van der Waals surface area contributed by atoms with E-state index in [1.165, 1.54) is 0 Å². The molecule has 0 bridgehead atoms. The van der Waals surface area contributed by atoms with Crippen LogP contribution in [0.15, 0.2) is 60.8 Å². The molecule has 0 aliphatic heterocycles. The van der Waals surface area contributed by atoms with Gasteiger partial charge in [-0.25, -0.2) is 4.79 Å². The van der Waals surface area contributed by atoms with Gasteiger partial charge in [-0.15, -0.1) is 0 Å². The molecule has 1 heterocycles. The number of carboxylic acid groups (broad SMARTS) is 2. The van der Waals surface area contributed by atoms with Crippen molar-refractivity contribution in [3.63, 3.8) is 0 Å². The van der Waals surface area contributed by atoms with Crippen molar-refractivity contribution in [3.8, 4) is 0 Å². The van der Waals surface area contributed by atoms with E-state index in [2.05, 4.69) is 15.6 Å². The lowest BCUT2D eigenvalue weighted by atomic mass is 9.99. The lowest BCUT2D eigenvalue weighted by Crippen LogP contribution is -2.55. The third-order valence-electron chi connectivity index (χ3n) is 6.00. The zero-order valence-corrected chi connectivity index (χ0v) is 20.0. The Labute approximate surface area is 204 Å². The van der Waals surface area contributed by atoms with Crippen molar-refractivity contribution >= 4 is 28.7 Å². The fraction of sp³-hybridized carbons (Fsp3) is 0.370. The first-order valence-electron chi connectivity index (χ1n) is 11.9. The molecule has 3 atom stereocenters. The summed E-state index contributed by atoms with van der Waals surface area (Å²) >= 11 is 0. The number of hydrogen-bond acceptors (Lipinski definition) is 4. The van der Waals surface area contributed by atoms with Gasteiger partial charge in [-0.2, -0.15) is 0 Å². The number of aromatic nitrogens is 1. The van der Waals surface area contributed by atoms with E-state index in [9.17, 15) is 24.6 Å². The Bertz CT molecular complexity index is 1140. The number of carbonyl (C=O) groups is 3. The van der Waals surface area contributed by atoms with Crippen LogP contribution in [-0.2, 0) is 27.2 Å². The molecule has 3 aromatic rings. The lowest BCUT2D eigenvalue weighted by molar-refractivity contribution is -0.143. The number of carboxylic acids is 2. The van der Waals surface area contributed by atoms with E-state index in [1.54, 1.807) is 6.20 Å². The second-order valence-electron chi connectivity index (χ2n) is 9.23. The summed E-state index contributed by atoms with van der Waals surface area (Å²) in [5, 5.41) is 26.1. The van der Waals surface area contributed by atoms with Crippen molar-refractivity contribution in [2.45, 2.75) is 57.7 Å². The fourth-order valence-corrected chi connectivity index (χ4v) is 4.19. The van der Waals surface area contributed by atoms with Gasteiger partial charge in [-0.05, 0) is 42.4 Å². The molecule has 3 rings (SSSR count). The zero-order valence-electron chi connectivity index (χ0n) is 20.0. The standard InChI is InChI=1S/C27H33N3O5/c1-17(2)14-23(29-22(26(32)33)13-12-18-8-4-3-5-9-18)25(31)30-24(27(34)35)15-19-16-28-21-11-7-6-10-20(19)21/h3-11,16-17,22-24,28-29H,12-15H2,1-2H3,(H,30,31)(H,32,33)(H,34,35)/t22-,23+,24+/m1/s1. The highest BCUT2D eigenvalue weighted by Gasteiger charge is 2.30. The highest BCUT2D eigenvalue weighted by Crippen LogP contribution is 2.19. The van der Waals surface area contributed by atoms with Gasteiger partial charge in [-0.1, -0.05) is 62.4 Å². The predicted molar refractivity (Wildman–Crippen MR) is 134 cm³/mol. The average Bonchev–Trinajstić information content (AvgIpc) is 3.23. The fourth-order valence-electron chi connectivity index (χ4n) is 4.19. The van der Waals surface area contributed by atoms with Crippen LogP contribution in [0, 0.1) is 5.92 Å². The van der Waals surface area contributed by atoms with Crippen molar-refractivity contribution in [1.82, 2.24) is 15.6 Å². The van der Waals surface area contributed by atoms with Crippen molar-refractivity contribution < 1.29 is 24.6 Å². The van der Waals surface area contributed by atoms with Gasteiger partial charge >= 0.3 is 11.9 Å². The first kappa shape index (κ1) is 26.0. The first-order valence-corrected chi connectivity index (χ1v) is 11.9. The highest BCUT2D eigenvalue weighted by atomic mass is 16.4. The summed E-state index contributed by atoms with van der Waals surface area (Å²) in [5.74, 6) is -2.61. The van der Waals surface area contributed by atoms with Crippen LogP contribution in [0.1, 0.15) is 37.8 Å². The van der Waals surface area contributed by atoms with Crippen molar-refractivity contribution in [2.24, 2.45) is 5.92 Å². The first-order chi connectivity index (χ1) is 16.7. The number of amides is 1. The van der Waals surface area contributed by atoms with E-state index in [-0.39, 0.29) is 12.3 Å². The van der Waals surface area contributed by atoms with Gasteiger partial charge in [0.25, 0.3) is 0 Å². The van der Waals surface area contributed by atoms with Gasteiger partial charge in [0, 0.05) is 23.5 Å². The molecule has 8 nitrogen and oxygen atoms in total. The van der Waals surface area contributed by atoms with E-state index >= 15 is 0 Å². The molecule has 2 aromatic carbocycles. The number of aryl methyl sites for hydroxylation is 1. The second kappa shape index (κ2) is 12.2. The molecular weight excluding hydrogens is 446 g/mol. The van der Waals surface area contributed by atoms with E-state index in [0.717, 1.165) is 22.0 Å². The number of carbonyl (C=O) groups excluding carboxylic acids is 1. The second-order valence-corrected chi connectivity index (χ2v) is 9.23. The number of rotatable bonds is 13. The summed E-state index contributed by atoms with van der Waals surface area (Å²) in [5.41, 5.74) is 2.68. The Hall–Kier alpha value is -3.65. The summed E-state index contributed by atoms with van der Waals surface area (Å²) in [6.07, 6.45) is 3.08. The number of nitrogens with one attached hydrogen (secondary N) is 3. The largest absolute Gasteiger partial charge is 0.480 e. The minimum Gasteiger partial charge on any atom is -0.480 e. The van der Waals surface area contributed by atoms with Crippen LogP contribution < -0.4 is 10.6 Å². The van der Waals surface area contributed by atoms with Gasteiger partial charge in [0.1, 0.15) is 12.1 Å².